The summed E-state index contributed by atoms with van der Waals surface area (Å²) in [5, 5.41) is 4.64. The molecule has 0 aliphatic heterocycles. The number of hydrogen-bond donors (Lipinski definition) is 1. The predicted octanol–water partition coefficient (Wildman–Crippen LogP) is 0.294. The molecule has 1 aromatic rings. The second kappa shape index (κ2) is 5.69. The molecule has 90 valence electrons. The SMILES string of the molecule is COc1ccccc1OCCOS(N)(=O)=O. The number of hydrogen-bond acceptors (Lipinski definition) is 5. The first-order chi connectivity index (χ1) is 7.53. The van der Waals surface area contributed by atoms with E-state index in [2.05, 4.69) is 9.32 Å². The van der Waals surface area contributed by atoms with Crippen molar-refractivity contribution in [2.24, 2.45) is 5.14 Å². The highest BCUT2D eigenvalue weighted by Crippen LogP contribution is 2.25. The lowest BCUT2D eigenvalue weighted by atomic mass is 10.3. The molecule has 16 heavy (non-hydrogen) atoms. The van der Waals surface area contributed by atoms with E-state index in [0.29, 0.717) is 11.5 Å². The third-order valence-electron chi connectivity index (χ3n) is 1.66. The molecule has 0 heterocycles. The van der Waals surface area contributed by atoms with Gasteiger partial charge in [-0.1, -0.05) is 12.1 Å². The van der Waals surface area contributed by atoms with E-state index in [1.807, 2.05) is 0 Å². The molecule has 0 unspecified atom stereocenters. The zero-order valence-corrected chi connectivity index (χ0v) is 9.57. The normalized spacial score (nSPS) is 11.1. The van der Waals surface area contributed by atoms with Gasteiger partial charge in [0, 0.05) is 0 Å². The zero-order chi connectivity index (χ0) is 12.0. The molecule has 2 N–H and O–H groups in total. The fourth-order valence-corrected chi connectivity index (χ4v) is 1.34. The molecule has 0 atom stereocenters. The van der Waals surface area contributed by atoms with Crippen molar-refractivity contribution >= 4 is 10.3 Å². The Balaban J connectivity index is 2.43. The number of rotatable bonds is 6. The minimum atomic E-state index is -3.91. The molecule has 6 nitrogen and oxygen atoms in total. The van der Waals surface area contributed by atoms with Gasteiger partial charge in [0.1, 0.15) is 13.2 Å². The van der Waals surface area contributed by atoms with Crippen LogP contribution in [0.3, 0.4) is 0 Å². The van der Waals surface area contributed by atoms with Crippen LogP contribution in [0.1, 0.15) is 0 Å². The van der Waals surface area contributed by atoms with Crippen LogP contribution in [-0.4, -0.2) is 28.7 Å². The topological polar surface area (TPSA) is 87.8 Å². The lowest BCUT2D eigenvalue weighted by Gasteiger charge is -2.09. The third-order valence-corrected chi connectivity index (χ3v) is 2.15. The fraction of sp³-hybridized carbons (Fsp3) is 0.333. The molecule has 0 aromatic heterocycles. The van der Waals surface area contributed by atoms with Gasteiger partial charge in [0.25, 0.3) is 0 Å². The number of methoxy groups -OCH3 is 1. The Morgan fingerprint density at radius 1 is 1.19 bits per heavy atom. The first kappa shape index (κ1) is 12.8. The number of ether oxygens (including phenoxy) is 2. The maximum Gasteiger partial charge on any atom is 0.333 e. The second-order valence-corrected chi connectivity index (χ2v) is 4.04. The Hall–Kier alpha value is -1.31. The van der Waals surface area contributed by atoms with E-state index in [9.17, 15) is 8.42 Å². The Morgan fingerprint density at radius 3 is 2.38 bits per heavy atom. The average Bonchev–Trinajstić information content (AvgIpc) is 2.23. The van der Waals surface area contributed by atoms with Gasteiger partial charge in [-0.25, -0.2) is 5.14 Å². The Bertz CT molecular complexity index is 431. The summed E-state index contributed by atoms with van der Waals surface area (Å²) in [5.74, 6) is 1.08. The largest absolute Gasteiger partial charge is 0.493 e. The van der Waals surface area contributed by atoms with Gasteiger partial charge in [0.15, 0.2) is 11.5 Å². The fourth-order valence-electron chi connectivity index (χ4n) is 1.04. The van der Waals surface area contributed by atoms with Crippen LogP contribution in [0.25, 0.3) is 0 Å². The van der Waals surface area contributed by atoms with Crippen LogP contribution in [0, 0.1) is 0 Å². The van der Waals surface area contributed by atoms with E-state index in [1.165, 1.54) is 7.11 Å². The van der Waals surface area contributed by atoms with Crippen LogP contribution in [0.15, 0.2) is 24.3 Å². The summed E-state index contributed by atoms with van der Waals surface area (Å²) >= 11 is 0. The molecular formula is C9H13NO5S. The summed E-state index contributed by atoms with van der Waals surface area (Å²) in [5.41, 5.74) is 0. The van der Waals surface area contributed by atoms with Gasteiger partial charge in [-0.05, 0) is 12.1 Å². The quantitative estimate of drug-likeness (QED) is 0.730. The molecule has 0 saturated carbocycles. The summed E-state index contributed by atoms with van der Waals surface area (Å²) in [7, 11) is -2.39. The monoisotopic (exact) mass is 247 g/mol. The van der Waals surface area contributed by atoms with Crippen molar-refractivity contribution in [1.29, 1.82) is 0 Å². The number of benzene rings is 1. The zero-order valence-electron chi connectivity index (χ0n) is 8.75. The van der Waals surface area contributed by atoms with Gasteiger partial charge < -0.3 is 9.47 Å². The lowest BCUT2D eigenvalue weighted by Crippen LogP contribution is -2.19. The molecule has 0 bridgehead atoms. The molecule has 0 spiro atoms. The Labute approximate surface area is 94.2 Å². The van der Waals surface area contributed by atoms with E-state index in [0.717, 1.165) is 0 Å². The number of nitrogens with two attached hydrogens (primary N) is 1. The molecular weight excluding hydrogens is 234 g/mol. The van der Waals surface area contributed by atoms with Crippen LogP contribution < -0.4 is 14.6 Å². The van der Waals surface area contributed by atoms with Crippen LogP contribution in [0.4, 0.5) is 0 Å². The number of para-hydroxylation sites is 2. The van der Waals surface area contributed by atoms with Crippen LogP contribution in [0.5, 0.6) is 11.5 Å². The summed E-state index contributed by atoms with van der Waals surface area (Å²) in [6.45, 7) is -0.0757. The summed E-state index contributed by atoms with van der Waals surface area (Å²) in [4.78, 5) is 0. The molecule has 0 fully saturated rings. The molecule has 0 aliphatic carbocycles. The molecule has 0 saturated heterocycles. The van der Waals surface area contributed by atoms with Gasteiger partial charge in [-0.3, -0.25) is 4.18 Å². The molecule has 0 amide bonds. The molecule has 0 radical (unpaired) electrons. The Morgan fingerprint density at radius 2 is 1.81 bits per heavy atom. The van der Waals surface area contributed by atoms with Crippen LogP contribution >= 0.6 is 0 Å². The minimum absolute atomic E-state index is 0.0663. The highest BCUT2D eigenvalue weighted by atomic mass is 32.2. The van der Waals surface area contributed by atoms with E-state index in [1.54, 1.807) is 24.3 Å². The first-order valence-electron chi connectivity index (χ1n) is 4.46. The maximum atomic E-state index is 10.4. The first-order valence-corrected chi connectivity index (χ1v) is 5.93. The summed E-state index contributed by atoms with van der Waals surface area (Å²) < 4.78 is 35.5. The van der Waals surface area contributed by atoms with Crippen molar-refractivity contribution < 1.29 is 22.1 Å². The van der Waals surface area contributed by atoms with E-state index >= 15 is 0 Å². The van der Waals surface area contributed by atoms with Gasteiger partial charge >= 0.3 is 10.3 Å². The Kier molecular flexibility index (Phi) is 4.53. The van der Waals surface area contributed by atoms with Gasteiger partial charge in [0.05, 0.1) is 7.11 Å². The molecule has 1 aromatic carbocycles. The molecule has 1 rings (SSSR count). The smallest absolute Gasteiger partial charge is 0.333 e. The highest BCUT2D eigenvalue weighted by molar-refractivity contribution is 7.84. The molecule has 0 aliphatic rings. The van der Waals surface area contributed by atoms with Gasteiger partial charge in [0.2, 0.25) is 0 Å². The summed E-state index contributed by atoms with van der Waals surface area (Å²) in [6.07, 6.45) is 0. The van der Waals surface area contributed by atoms with Gasteiger partial charge in [-0.15, -0.1) is 0 Å². The van der Waals surface area contributed by atoms with Crippen molar-refractivity contribution in [3.05, 3.63) is 24.3 Å². The van der Waals surface area contributed by atoms with Crippen molar-refractivity contribution in [2.75, 3.05) is 20.3 Å². The van der Waals surface area contributed by atoms with E-state index in [4.69, 9.17) is 9.47 Å². The van der Waals surface area contributed by atoms with Crippen LogP contribution in [-0.2, 0) is 14.5 Å². The predicted molar refractivity (Wildman–Crippen MR) is 57.5 cm³/mol. The lowest BCUT2D eigenvalue weighted by molar-refractivity contribution is 0.215. The second-order valence-electron chi connectivity index (χ2n) is 2.81. The van der Waals surface area contributed by atoms with E-state index in [-0.39, 0.29) is 13.2 Å². The van der Waals surface area contributed by atoms with Crippen molar-refractivity contribution in [2.45, 2.75) is 0 Å². The van der Waals surface area contributed by atoms with E-state index < -0.39 is 10.3 Å². The third kappa shape index (κ3) is 4.47. The average molecular weight is 247 g/mol. The maximum absolute atomic E-state index is 10.4. The molecule has 7 heteroatoms. The standard InChI is InChI=1S/C9H13NO5S/c1-13-8-4-2-3-5-9(8)14-6-7-15-16(10,11)12/h2-5H,6-7H2,1H3,(H2,10,11,12). The van der Waals surface area contributed by atoms with Crippen molar-refractivity contribution in [3.8, 4) is 11.5 Å². The summed E-state index contributed by atoms with van der Waals surface area (Å²) in [6, 6.07) is 7.01. The minimum Gasteiger partial charge on any atom is -0.493 e. The van der Waals surface area contributed by atoms with Crippen LogP contribution in [0.2, 0.25) is 0 Å². The van der Waals surface area contributed by atoms with Crippen molar-refractivity contribution in [3.63, 3.8) is 0 Å². The van der Waals surface area contributed by atoms with Gasteiger partial charge in [-0.2, -0.15) is 8.42 Å². The van der Waals surface area contributed by atoms with Crippen molar-refractivity contribution in [1.82, 2.24) is 0 Å². The highest BCUT2D eigenvalue weighted by Gasteiger charge is 2.04.